The van der Waals surface area contributed by atoms with Crippen molar-refractivity contribution in [2.75, 3.05) is 0 Å². The number of benzene rings is 1. The summed E-state index contributed by atoms with van der Waals surface area (Å²) in [6, 6.07) is 10.0. The van der Waals surface area contributed by atoms with Crippen LogP contribution in [0.3, 0.4) is 0 Å². The van der Waals surface area contributed by atoms with Gasteiger partial charge in [0.05, 0.1) is 29.2 Å². The smallest absolute Gasteiger partial charge is 0.239 e. The van der Waals surface area contributed by atoms with Crippen molar-refractivity contribution >= 4 is 5.91 Å². The Labute approximate surface area is 143 Å². The highest BCUT2D eigenvalue weighted by molar-refractivity contribution is 5.85. The topological polar surface area (TPSA) is 72.9 Å². The van der Waals surface area contributed by atoms with Gasteiger partial charge in [0.15, 0.2) is 0 Å². The summed E-state index contributed by atoms with van der Waals surface area (Å²) in [5, 5.41) is 7.71. The van der Waals surface area contributed by atoms with Crippen LogP contribution in [0.1, 0.15) is 51.4 Å². The van der Waals surface area contributed by atoms with E-state index in [0.29, 0.717) is 0 Å². The lowest BCUT2D eigenvalue weighted by molar-refractivity contribution is -0.126. The average molecular weight is 326 g/mol. The van der Waals surface area contributed by atoms with Crippen LogP contribution in [0.25, 0.3) is 5.69 Å². The van der Waals surface area contributed by atoms with Crippen LogP contribution in [0.2, 0.25) is 0 Å². The second-order valence-electron chi connectivity index (χ2n) is 8.09. The molecular formula is C19H26N4O. The number of nitrogens with two attached hydrogens (primary N) is 1. The fraction of sp³-hybridized carbons (Fsp3) is 0.474. The first-order chi connectivity index (χ1) is 11.2. The number of nitrogens with zero attached hydrogens (tertiary/aromatic N) is 2. The van der Waals surface area contributed by atoms with E-state index in [2.05, 4.69) is 24.3 Å². The summed E-state index contributed by atoms with van der Waals surface area (Å²) >= 11 is 0. The minimum absolute atomic E-state index is 0.0588. The van der Waals surface area contributed by atoms with Crippen molar-refractivity contribution in [2.45, 2.75) is 52.1 Å². The lowest BCUT2D eigenvalue weighted by Crippen LogP contribution is -2.51. The van der Waals surface area contributed by atoms with E-state index >= 15 is 0 Å². The summed E-state index contributed by atoms with van der Waals surface area (Å²) in [6.07, 6.45) is 3.68. The van der Waals surface area contributed by atoms with Gasteiger partial charge in [0.25, 0.3) is 0 Å². The van der Waals surface area contributed by atoms with Crippen LogP contribution in [-0.2, 0) is 11.2 Å². The molecule has 1 aliphatic rings. The number of rotatable bonds is 3. The van der Waals surface area contributed by atoms with Crippen molar-refractivity contribution < 1.29 is 4.79 Å². The Hall–Kier alpha value is -2.14. The quantitative estimate of drug-likeness (QED) is 0.911. The number of nitrogens with one attached hydrogen (secondary N) is 1. The van der Waals surface area contributed by atoms with E-state index in [1.54, 1.807) is 13.8 Å². The Morgan fingerprint density at radius 2 is 2.00 bits per heavy atom. The van der Waals surface area contributed by atoms with E-state index < -0.39 is 5.54 Å². The molecule has 1 heterocycles. The summed E-state index contributed by atoms with van der Waals surface area (Å²) in [5.41, 5.74) is 8.44. The molecule has 0 saturated carbocycles. The predicted molar refractivity (Wildman–Crippen MR) is 94.8 cm³/mol. The molecule has 0 bridgehead atoms. The number of hydrogen-bond acceptors (Lipinski definition) is 3. The third kappa shape index (κ3) is 3.22. The third-order valence-corrected chi connectivity index (χ3v) is 4.57. The maximum absolute atomic E-state index is 12.4. The maximum Gasteiger partial charge on any atom is 0.239 e. The van der Waals surface area contributed by atoms with Crippen molar-refractivity contribution in [3.8, 4) is 5.69 Å². The minimum Gasteiger partial charge on any atom is -0.348 e. The van der Waals surface area contributed by atoms with E-state index in [0.717, 1.165) is 29.8 Å². The summed E-state index contributed by atoms with van der Waals surface area (Å²) < 4.78 is 1.99. The number of carbonyl (C=O) groups is 1. The van der Waals surface area contributed by atoms with Crippen molar-refractivity contribution in [1.82, 2.24) is 15.1 Å². The Morgan fingerprint density at radius 1 is 1.33 bits per heavy atom. The molecule has 3 rings (SSSR count). The number of para-hydroxylation sites is 1. The van der Waals surface area contributed by atoms with E-state index in [-0.39, 0.29) is 17.4 Å². The number of amides is 1. The normalized spacial score (nSPS) is 19.6. The first kappa shape index (κ1) is 16.7. The Morgan fingerprint density at radius 3 is 2.62 bits per heavy atom. The Kier molecular flexibility index (Phi) is 4.00. The van der Waals surface area contributed by atoms with Gasteiger partial charge in [-0.1, -0.05) is 32.0 Å². The molecule has 1 amide bonds. The van der Waals surface area contributed by atoms with Crippen LogP contribution in [0.15, 0.2) is 36.5 Å². The molecule has 24 heavy (non-hydrogen) atoms. The number of hydrogen-bond donors (Lipinski definition) is 2. The van der Waals surface area contributed by atoms with E-state index in [9.17, 15) is 4.79 Å². The molecule has 3 N–H and O–H groups in total. The molecule has 128 valence electrons. The molecule has 5 nitrogen and oxygen atoms in total. The first-order valence-electron chi connectivity index (χ1n) is 8.39. The van der Waals surface area contributed by atoms with Crippen LogP contribution >= 0.6 is 0 Å². The Bertz CT molecular complexity index is 740. The zero-order chi connectivity index (χ0) is 17.5. The summed E-state index contributed by atoms with van der Waals surface area (Å²) in [4.78, 5) is 12.4. The van der Waals surface area contributed by atoms with Crippen molar-refractivity contribution in [3.05, 3.63) is 47.8 Å². The van der Waals surface area contributed by atoms with Crippen molar-refractivity contribution in [1.29, 1.82) is 0 Å². The molecule has 5 heteroatoms. The van der Waals surface area contributed by atoms with Crippen LogP contribution < -0.4 is 11.1 Å². The molecule has 1 aromatic carbocycles. The Balaban J connectivity index is 1.99. The lowest BCUT2D eigenvalue weighted by atomic mass is 9.74. The van der Waals surface area contributed by atoms with Gasteiger partial charge in [0, 0.05) is 5.56 Å². The van der Waals surface area contributed by atoms with Gasteiger partial charge in [-0.25, -0.2) is 4.68 Å². The molecule has 0 fully saturated rings. The standard InChI is InChI=1S/C19H26N4O/c1-18(2)10-15(22-17(24)19(3,4)20)14-12-21-23(16(14)11-18)13-8-6-5-7-9-13/h5-9,12,15H,10-11,20H2,1-4H3,(H,22,24)/t15-/m0/s1. The highest BCUT2D eigenvalue weighted by atomic mass is 16.2. The average Bonchev–Trinajstić information content (AvgIpc) is 2.89. The summed E-state index contributed by atoms with van der Waals surface area (Å²) in [6.45, 7) is 7.91. The molecule has 2 aromatic rings. The van der Waals surface area contributed by atoms with Gasteiger partial charge >= 0.3 is 0 Å². The fourth-order valence-electron chi connectivity index (χ4n) is 3.31. The second kappa shape index (κ2) is 5.74. The second-order valence-corrected chi connectivity index (χ2v) is 8.09. The van der Waals surface area contributed by atoms with Crippen LogP contribution in [0.4, 0.5) is 0 Å². The van der Waals surface area contributed by atoms with Gasteiger partial charge in [-0.2, -0.15) is 5.10 Å². The zero-order valence-corrected chi connectivity index (χ0v) is 14.8. The SMILES string of the molecule is CC1(C)Cc2c(cnn2-c2ccccc2)[C@@H](NC(=O)C(C)(C)N)C1. The fourth-order valence-corrected chi connectivity index (χ4v) is 3.31. The maximum atomic E-state index is 12.4. The largest absolute Gasteiger partial charge is 0.348 e. The zero-order valence-electron chi connectivity index (χ0n) is 14.8. The van der Waals surface area contributed by atoms with Gasteiger partial charge in [-0.05, 0) is 44.2 Å². The van der Waals surface area contributed by atoms with Gasteiger partial charge in [-0.3, -0.25) is 4.79 Å². The minimum atomic E-state index is -0.892. The molecule has 1 aromatic heterocycles. The molecule has 0 aliphatic heterocycles. The number of carbonyl (C=O) groups excluding carboxylic acids is 1. The molecule has 0 spiro atoms. The van der Waals surface area contributed by atoms with E-state index in [4.69, 9.17) is 5.73 Å². The lowest BCUT2D eigenvalue weighted by Gasteiger charge is -2.37. The van der Waals surface area contributed by atoms with Gasteiger partial charge in [0.1, 0.15) is 0 Å². The number of fused-ring (bicyclic) bond motifs is 1. The van der Waals surface area contributed by atoms with Crippen LogP contribution in [0.5, 0.6) is 0 Å². The summed E-state index contributed by atoms with van der Waals surface area (Å²) in [5.74, 6) is -0.136. The predicted octanol–water partition coefficient (Wildman–Crippen LogP) is 2.74. The first-order valence-corrected chi connectivity index (χ1v) is 8.39. The molecule has 0 saturated heterocycles. The highest BCUT2D eigenvalue weighted by Crippen LogP contribution is 2.41. The van der Waals surface area contributed by atoms with Crippen molar-refractivity contribution in [3.63, 3.8) is 0 Å². The van der Waals surface area contributed by atoms with Gasteiger partial charge in [-0.15, -0.1) is 0 Å². The van der Waals surface area contributed by atoms with E-state index in [1.165, 1.54) is 0 Å². The van der Waals surface area contributed by atoms with E-state index in [1.807, 2.05) is 41.2 Å². The number of aromatic nitrogens is 2. The van der Waals surface area contributed by atoms with Crippen molar-refractivity contribution in [2.24, 2.45) is 11.1 Å². The monoisotopic (exact) mass is 326 g/mol. The molecule has 0 unspecified atom stereocenters. The van der Waals surface area contributed by atoms with Gasteiger partial charge < -0.3 is 11.1 Å². The van der Waals surface area contributed by atoms with Crippen LogP contribution in [0, 0.1) is 5.41 Å². The van der Waals surface area contributed by atoms with Gasteiger partial charge in [0.2, 0.25) is 5.91 Å². The summed E-state index contributed by atoms with van der Waals surface area (Å²) in [7, 11) is 0. The molecule has 0 radical (unpaired) electrons. The van der Waals surface area contributed by atoms with Crippen LogP contribution in [-0.4, -0.2) is 21.2 Å². The third-order valence-electron chi connectivity index (χ3n) is 4.57. The molecule has 1 aliphatic carbocycles. The molecular weight excluding hydrogens is 300 g/mol. The highest BCUT2D eigenvalue weighted by Gasteiger charge is 2.37. The molecule has 1 atom stereocenters.